The second-order valence-corrected chi connectivity index (χ2v) is 6.25. The number of aromatic nitrogens is 3. The first-order valence-electron chi connectivity index (χ1n) is 8.21. The molecule has 0 aliphatic carbocycles. The quantitative estimate of drug-likeness (QED) is 0.737. The maximum atomic E-state index is 4.95. The minimum absolute atomic E-state index is 0.407. The van der Waals surface area contributed by atoms with Gasteiger partial charge in [0.15, 0.2) is 0 Å². The van der Waals surface area contributed by atoms with Crippen LogP contribution in [0.2, 0.25) is 0 Å². The zero-order valence-corrected chi connectivity index (χ0v) is 14.5. The van der Waals surface area contributed by atoms with E-state index in [0.717, 1.165) is 40.2 Å². The second-order valence-electron chi connectivity index (χ2n) is 6.25. The van der Waals surface area contributed by atoms with Crippen molar-refractivity contribution < 1.29 is 0 Å². The van der Waals surface area contributed by atoms with E-state index < -0.39 is 0 Å². The number of fused-ring (bicyclic) bond motifs is 1. The minimum Gasteiger partial charge on any atom is -0.373 e. The molecule has 0 aromatic carbocycles. The molecule has 3 aromatic heterocycles. The van der Waals surface area contributed by atoms with Crippen LogP contribution < -0.4 is 5.32 Å². The third-order valence-electron chi connectivity index (χ3n) is 4.30. The van der Waals surface area contributed by atoms with Gasteiger partial charge in [0, 0.05) is 24.5 Å². The molecule has 0 unspecified atom stereocenters. The maximum absolute atomic E-state index is 4.95. The first-order valence-corrected chi connectivity index (χ1v) is 8.21. The Bertz CT molecular complexity index is 846. The van der Waals surface area contributed by atoms with Crippen LogP contribution in [-0.2, 0) is 6.42 Å². The van der Waals surface area contributed by atoms with E-state index in [1.165, 1.54) is 11.1 Å². The van der Waals surface area contributed by atoms with Gasteiger partial charge in [-0.15, -0.1) is 0 Å². The number of hydrogen-bond donors (Lipinski definition) is 2. The highest BCUT2D eigenvalue weighted by atomic mass is 15.0. The molecule has 0 aliphatic rings. The van der Waals surface area contributed by atoms with Crippen LogP contribution in [-0.4, -0.2) is 22.0 Å². The summed E-state index contributed by atoms with van der Waals surface area (Å²) in [6.07, 6.45) is 2.95. The third-order valence-corrected chi connectivity index (χ3v) is 4.30. The van der Waals surface area contributed by atoms with Crippen LogP contribution in [0.15, 0.2) is 24.4 Å². The third kappa shape index (κ3) is 2.69. The Kier molecular flexibility index (Phi) is 4.07. The average Bonchev–Trinajstić information content (AvgIpc) is 2.93. The number of aryl methyl sites for hydroxylation is 2. The average molecular weight is 308 g/mol. The molecule has 3 rings (SSSR count). The fourth-order valence-corrected chi connectivity index (χ4v) is 2.90. The van der Waals surface area contributed by atoms with Gasteiger partial charge in [0.05, 0.1) is 16.7 Å². The fourth-order valence-electron chi connectivity index (χ4n) is 2.90. The van der Waals surface area contributed by atoms with Crippen LogP contribution in [0.1, 0.15) is 43.5 Å². The normalized spacial score (nSPS) is 11.4. The lowest BCUT2D eigenvalue weighted by molar-refractivity contribution is 0.824. The van der Waals surface area contributed by atoms with Crippen molar-refractivity contribution in [2.75, 3.05) is 12.4 Å². The molecule has 0 bridgehead atoms. The zero-order valence-electron chi connectivity index (χ0n) is 14.5. The van der Waals surface area contributed by atoms with Crippen molar-refractivity contribution in [1.82, 2.24) is 15.0 Å². The molecular formula is C19H24N4. The summed E-state index contributed by atoms with van der Waals surface area (Å²) in [7, 11) is 1.92. The molecule has 0 spiro atoms. The van der Waals surface area contributed by atoms with Gasteiger partial charge >= 0.3 is 0 Å². The maximum Gasteiger partial charge on any atom is 0.135 e. The van der Waals surface area contributed by atoms with E-state index in [2.05, 4.69) is 56.2 Å². The number of rotatable bonds is 4. The highest BCUT2D eigenvalue weighted by molar-refractivity contribution is 5.85. The molecule has 0 fully saturated rings. The SMILES string of the molecule is CCc1cc2[nH]cc(C)c2nc1-c1ccc(C(C)C)nc1NC. The molecule has 120 valence electrons. The van der Waals surface area contributed by atoms with Gasteiger partial charge in [-0.3, -0.25) is 0 Å². The van der Waals surface area contributed by atoms with E-state index in [0.29, 0.717) is 5.92 Å². The van der Waals surface area contributed by atoms with Crippen LogP contribution >= 0.6 is 0 Å². The molecule has 0 aliphatic heterocycles. The first kappa shape index (κ1) is 15.5. The van der Waals surface area contributed by atoms with E-state index in [1.54, 1.807) is 0 Å². The van der Waals surface area contributed by atoms with E-state index in [1.807, 2.05) is 13.2 Å². The number of hydrogen-bond acceptors (Lipinski definition) is 3. The number of nitrogens with one attached hydrogen (secondary N) is 2. The highest BCUT2D eigenvalue weighted by Crippen LogP contribution is 2.32. The van der Waals surface area contributed by atoms with E-state index in [9.17, 15) is 0 Å². The summed E-state index contributed by atoms with van der Waals surface area (Å²) >= 11 is 0. The molecule has 2 N–H and O–H groups in total. The van der Waals surface area contributed by atoms with Crippen LogP contribution in [0.25, 0.3) is 22.3 Å². The van der Waals surface area contributed by atoms with Crippen molar-refractivity contribution in [3.8, 4) is 11.3 Å². The Morgan fingerprint density at radius 1 is 1.22 bits per heavy atom. The fraction of sp³-hybridized carbons (Fsp3) is 0.368. The molecule has 3 aromatic rings. The van der Waals surface area contributed by atoms with Crippen molar-refractivity contribution in [2.45, 2.75) is 40.0 Å². The summed E-state index contributed by atoms with van der Waals surface area (Å²) in [5.74, 6) is 1.30. The Morgan fingerprint density at radius 3 is 2.65 bits per heavy atom. The van der Waals surface area contributed by atoms with Gasteiger partial charge in [-0.25, -0.2) is 9.97 Å². The van der Waals surface area contributed by atoms with Gasteiger partial charge < -0.3 is 10.3 Å². The summed E-state index contributed by atoms with van der Waals surface area (Å²) in [6.45, 7) is 8.57. The summed E-state index contributed by atoms with van der Waals surface area (Å²) in [6, 6.07) is 6.46. The van der Waals surface area contributed by atoms with Crippen LogP contribution in [0, 0.1) is 6.92 Å². The van der Waals surface area contributed by atoms with Crippen LogP contribution in [0.3, 0.4) is 0 Å². The topological polar surface area (TPSA) is 53.6 Å². The highest BCUT2D eigenvalue weighted by Gasteiger charge is 2.15. The van der Waals surface area contributed by atoms with E-state index in [-0.39, 0.29) is 0 Å². The molecule has 0 radical (unpaired) electrons. The number of aromatic amines is 1. The molecule has 23 heavy (non-hydrogen) atoms. The second kappa shape index (κ2) is 6.03. The van der Waals surface area contributed by atoms with E-state index in [4.69, 9.17) is 9.97 Å². The van der Waals surface area contributed by atoms with E-state index >= 15 is 0 Å². The Morgan fingerprint density at radius 2 is 2.00 bits per heavy atom. The number of anilines is 1. The predicted octanol–water partition coefficient (Wildman–Crippen LogP) is 4.66. The van der Waals surface area contributed by atoms with Gasteiger partial charge in [0.1, 0.15) is 5.82 Å². The van der Waals surface area contributed by atoms with Crippen molar-refractivity contribution >= 4 is 16.9 Å². The van der Waals surface area contributed by atoms with Gasteiger partial charge in [0.2, 0.25) is 0 Å². The summed E-state index contributed by atoms with van der Waals surface area (Å²) < 4.78 is 0. The summed E-state index contributed by atoms with van der Waals surface area (Å²) in [5, 5.41) is 3.24. The number of nitrogens with zero attached hydrogens (tertiary/aromatic N) is 2. The minimum atomic E-state index is 0.407. The molecular weight excluding hydrogens is 284 g/mol. The van der Waals surface area contributed by atoms with Crippen molar-refractivity contribution in [3.63, 3.8) is 0 Å². The van der Waals surface area contributed by atoms with Gasteiger partial charge in [0.25, 0.3) is 0 Å². The van der Waals surface area contributed by atoms with Crippen molar-refractivity contribution in [1.29, 1.82) is 0 Å². The summed E-state index contributed by atoms with van der Waals surface area (Å²) in [5.41, 5.74) is 7.71. The Balaban J connectivity index is 2.24. The first-order chi connectivity index (χ1) is 11.0. The predicted molar refractivity (Wildman–Crippen MR) is 97.1 cm³/mol. The van der Waals surface area contributed by atoms with Gasteiger partial charge in [-0.2, -0.15) is 0 Å². The molecule has 0 atom stereocenters. The number of H-pyrrole nitrogens is 1. The van der Waals surface area contributed by atoms with Crippen molar-refractivity contribution in [3.05, 3.63) is 41.2 Å². The molecule has 4 nitrogen and oxygen atoms in total. The van der Waals surface area contributed by atoms with Crippen LogP contribution in [0.5, 0.6) is 0 Å². The monoisotopic (exact) mass is 308 g/mol. The van der Waals surface area contributed by atoms with Gasteiger partial charge in [-0.1, -0.05) is 20.8 Å². The lowest BCUT2D eigenvalue weighted by Crippen LogP contribution is -2.03. The van der Waals surface area contributed by atoms with Gasteiger partial charge in [-0.05, 0) is 48.6 Å². The van der Waals surface area contributed by atoms with Crippen molar-refractivity contribution in [2.24, 2.45) is 0 Å². The Hall–Kier alpha value is -2.36. The Labute approximate surface area is 137 Å². The molecule has 0 saturated carbocycles. The molecule has 4 heteroatoms. The largest absolute Gasteiger partial charge is 0.373 e. The molecule has 0 amide bonds. The lowest BCUT2D eigenvalue weighted by Gasteiger charge is -2.14. The smallest absolute Gasteiger partial charge is 0.135 e. The molecule has 3 heterocycles. The zero-order chi connectivity index (χ0) is 16.6. The molecule has 0 saturated heterocycles. The lowest BCUT2D eigenvalue weighted by atomic mass is 10.0. The summed E-state index contributed by atoms with van der Waals surface area (Å²) in [4.78, 5) is 13.0. The number of pyridine rings is 2. The van der Waals surface area contributed by atoms with Crippen LogP contribution in [0.4, 0.5) is 5.82 Å². The standard InChI is InChI=1S/C19H24N4/c1-6-13-9-16-17(12(4)10-21-16)23-18(13)14-7-8-15(11(2)3)22-19(14)20-5/h7-11,21H,6H2,1-5H3,(H,20,22).